The molecule has 0 bridgehead atoms. The van der Waals surface area contributed by atoms with Crippen molar-refractivity contribution in [1.82, 2.24) is 14.5 Å². The van der Waals surface area contributed by atoms with Crippen molar-refractivity contribution in [1.29, 1.82) is 0 Å². The molecule has 0 fully saturated rings. The van der Waals surface area contributed by atoms with Gasteiger partial charge in [-0.2, -0.15) is 0 Å². The van der Waals surface area contributed by atoms with E-state index in [4.69, 9.17) is 0 Å². The van der Waals surface area contributed by atoms with E-state index >= 15 is 0 Å². The van der Waals surface area contributed by atoms with E-state index in [0.29, 0.717) is 12.4 Å². The maximum atomic E-state index is 10.8. The van der Waals surface area contributed by atoms with Gasteiger partial charge in [-0.3, -0.25) is 9.78 Å². The highest BCUT2D eigenvalue weighted by Gasteiger charge is 2.03. The Morgan fingerprint density at radius 3 is 2.84 bits per heavy atom. The van der Waals surface area contributed by atoms with Crippen LogP contribution in [-0.2, 0) is 6.54 Å². The molecule has 0 amide bonds. The summed E-state index contributed by atoms with van der Waals surface area (Å²) < 4.78 is 1.70. The Bertz CT molecular complexity index is 671. The fourth-order valence-electron chi connectivity index (χ4n) is 1.84. The number of aldehydes is 1. The number of carbonyl (C=O) groups is 1. The topological polar surface area (TPSA) is 47.8 Å². The third-order valence-electron chi connectivity index (χ3n) is 2.80. The number of carbonyl (C=O) groups excluding carboxylic acids is 1. The molecule has 0 aliphatic carbocycles. The molecule has 0 spiro atoms. The predicted molar refractivity (Wildman–Crippen MR) is 73.1 cm³/mol. The van der Waals surface area contributed by atoms with Crippen molar-refractivity contribution < 1.29 is 4.79 Å². The second-order valence-electron chi connectivity index (χ2n) is 4.01. The highest BCUT2D eigenvalue weighted by molar-refractivity contribution is 7.13. The highest BCUT2D eigenvalue weighted by Crippen LogP contribution is 2.23. The molecule has 0 saturated heterocycles. The molecule has 1 aromatic carbocycles. The molecule has 4 nitrogen and oxygen atoms in total. The number of rotatable bonds is 4. The van der Waals surface area contributed by atoms with Gasteiger partial charge in [-0.05, 0) is 11.1 Å². The SMILES string of the molecule is O=Cc1nc[c]n1Cc1ccc(-c2cncs2)cc1. The summed E-state index contributed by atoms with van der Waals surface area (Å²) in [5.74, 6) is 0.395. The Hall–Kier alpha value is -2.27. The van der Waals surface area contributed by atoms with Crippen LogP contribution < -0.4 is 0 Å². The van der Waals surface area contributed by atoms with Crippen molar-refractivity contribution in [3.8, 4) is 10.4 Å². The summed E-state index contributed by atoms with van der Waals surface area (Å²) in [6.45, 7) is 0.594. The number of hydrogen-bond donors (Lipinski definition) is 0. The van der Waals surface area contributed by atoms with Gasteiger partial charge in [-0.25, -0.2) is 4.98 Å². The first-order chi connectivity index (χ1) is 9.36. The van der Waals surface area contributed by atoms with Gasteiger partial charge in [0.15, 0.2) is 12.1 Å². The van der Waals surface area contributed by atoms with Crippen LogP contribution >= 0.6 is 11.3 Å². The van der Waals surface area contributed by atoms with Crippen LogP contribution in [0.4, 0.5) is 0 Å². The zero-order chi connectivity index (χ0) is 13.1. The number of imidazole rings is 1. The van der Waals surface area contributed by atoms with Gasteiger partial charge in [-0.15, -0.1) is 11.3 Å². The normalized spacial score (nSPS) is 10.5. The molecule has 3 rings (SSSR count). The molecule has 5 heteroatoms. The maximum absolute atomic E-state index is 10.8. The largest absolute Gasteiger partial charge is 0.316 e. The van der Waals surface area contributed by atoms with Crippen LogP contribution in [0.3, 0.4) is 0 Å². The first-order valence-electron chi connectivity index (χ1n) is 5.73. The minimum absolute atomic E-state index is 0.395. The molecular formula is C14H10N3OS. The summed E-state index contributed by atoms with van der Waals surface area (Å²) >= 11 is 1.61. The summed E-state index contributed by atoms with van der Waals surface area (Å²) in [6.07, 6.45) is 7.02. The average Bonchev–Trinajstić information content (AvgIpc) is 3.10. The van der Waals surface area contributed by atoms with Crippen molar-refractivity contribution in [2.45, 2.75) is 6.54 Å². The van der Waals surface area contributed by atoms with Gasteiger partial charge >= 0.3 is 0 Å². The van der Waals surface area contributed by atoms with Gasteiger partial charge in [0, 0.05) is 12.7 Å². The monoisotopic (exact) mass is 268 g/mol. The van der Waals surface area contributed by atoms with E-state index in [-0.39, 0.29) is 0 Å². The van der Waals surface area contributed by atoms with Crippen LogP contribution in [0.5, 0.6) is 0 Å². The lowest BCUT2D eigenvalue weighted by Gasteiger charge is -2.05. The minimum Gasteiger partial charge on any atom is -0.316 e. The van der Waals surface area contributed by atoms with E-state index in [0.717, 1.165) is 22.3 Å². The second kappa shape index (κ2) is 5.16. The molecule has 0 atom stereocenters. The molecular weight excluding hydrogens is 258 g/mol. The van der Waals surface area contributed by atoms with Gasteiger partial charge in [0.2, 0.25) is 0 Å². The first-order valence-corrected chi connectivity index (χ1v) is 6.61. The average molecular weight is 268 g/mol. The molecule has 2 aromatic heterocycles. The Morgan fingerprint density at radius 2 is 2.16 bits per heavy atom. The van der Waals surface area contributed by atoms with Crippen molar-refractivity contribution >= 4 is 17.6 Å². The third kappa shape index (κ3) is 2.46. The molecule has 1 radical (unpaired) electrons. The summed E-state index contributed by atoms with van der Waals surface area (Å²) in [7, 11) is 0. The number of nitrogens with zero attached hydrogens (tertiary/aromatic N) is 3. The number of benzene rings is 1. The van der Waals surface area contributed by atoms with Gasteiger partial charge in [0.25, 0.3) is 0 Å². The zero-order valence-corrected chi connectivity index (χ0v) is 10.8. The van der Waals surface area contributed by atoms with E-state index in [1.54, 1.807) is 15.9 Å². The Kier molecular flexibility index (Phi) is 3.20. The summed E-state index contributed by atoms with van der Waals surface area (Å²) in [6, 6.07) is 8.19. The lowest BCUT2D eigenvalue weighted by Crippen LogP contribution is -2.03. The molecule has 2 heterocycles. The highest BCUT2D eigenvalue weighted by atomic mass is 32.1. The van der Waals surface area contributed by atoms with Crippen molar-refractivity contribution in [2.75, 3.05) is 0 Å². The van der Waals surface area contributed by atoms with Gasteiger partial charge in [-0.1, -0.05) is 24.3 Å². The van der Waals surface area contributed by atoms with Crippen LogP contribution in [-0.4, -0.2) is 20.8 Å². The second-order valence-corrected chi connectivity index (χ2v) is 4.90. The molecule has 0 aliphatic heterocycles. The molecule has 0 N–H and O–H groups in total. The smallest absolute Gasteiger partial charge is 0.185 e. The van der Waals surface area contributed by atoms with Crippen molar-refractivity contribution in [3.63, 3.8) is 0 Å². The molecule has 0 saturated carbocycles. The van der Waals surface area contributed by atoms with Crippen LogP contribution in [0, 0.1) is 6.20 Å². The molecule has 19 heavy (non-hydrogen) atoms. The van der Waals surface area contributed by atoms with Crippen molar-refractivity contribution in [2.24, 2.45) is 0 Å². The minimum atomic E-state index is 0.395. The first kappa shape index (κ1) is 11.8. The Morgan fingerprint density at radius 1 is 1.32 bits per heavy atom. The Labute approximate surface area is 114 Å². The van der Waals surface area contributed by atoms with E-state index in [1.165, 1.54) is 6.20 Å². The predicted octanol–water partition coefficient (Wildman–Crippen LogP) is 2.67. The van der Waals surface area contributed by atoms with Crippen LogP contribution in [0.25, 0.3) is 10.4 Å². The lowest BCUT2D eigenvalue weighted by molar-refractivity contribution is 0.111. The van der Waals surface area contributed by atoms with E-state index < -0.39 is 0 Å². The zero-order valence-electron chi connectivity index (χ0n) is 9.98. The summed E-state index contributed by atoms with van der Waals surface area (Å²) in [4.78, 5) is 19.9. The number of thiazole rings is 1. The van der Waals surface area contributed by atoms with Gasteiger partial charge in [0.1, 0.15) is 0 Å². The van der Waals surface area contributed by atoms with Crippen LogP contribution in [0.2, 0.25) is 0 Å². The van der Waals surface area contributed by atoms with Gasteiger partial charge in [0.05, 0.1) is 22.8 Å². The fourth-order valence-corrected chi connectivity index (χ4v) is 2.47. The molecule has 3 aromatic rings. The van der Waals surface area contributed by atoms with E-state index in [9.17, 15) is 4.79 Å². The molecule has 0 aliphatic rings. The molecule has 0 unspecified atom stereocenters. The number of hydrogen-bond acceptors (Lipinski definition) is 4. The quantitative estimate of drug-likeness (QED) is 0.683. The third-order valence-corrected chi connectivity index (χ3v) is 3.63. The lowest BCUT2D eigenvalue weighted by atomic mass is 10.1. The fraction of sp³-hybridized carbons (Fsp3) is 0.0714. The summed E-state index contributed by atoms with van der Waals surface area (Å²) in [5.41, 5.74) is 4.07. The van der Waals surface area contributed by atoms with Gasteiger partial charge < -0.3 is 4.57 Å². The maximum Gasteiger partial charge on any atom is 0.185 e. The van der Waals surface area contributed by atoms with Crippen LogP contribution in [0.1, 0.15) is 16.2 Å². The van der Waals surface area contributed by atoms with Crippen LogP contribution in [0.15, 0.2) is 42.2 Å². The van der Waals surface area contributed by atoms with E-state index in [2.05, 4.69) is 28.3 Å². The summed E-state index contributed by atoms with van der Waals surface area (Å²) in [5, 5.41) is 0. The standard InChI is InChI=1S/C14H10N3OS/c18-9-14-16-5-6-17(14)8-11-1-3-12(4-2-11)13-7-15-10-19-13/h1-5,7,9-10H,8H2. The van der Waals surface area contributed by atoms with E-state index in [1.807, 2.05) is 23.8 Å². The number of aromatic nitrogens is 3. The molecule has 93 valence electrons. The Balaban J connectivity index is 1.82. The van der Waals surface area contributed by atoms with Crippen molar-refractivity contribution in [3.05, 3.63) is 59.8 Å².